The summed E-state index contributed by atoms with van der Waals surface area (Å²) in [6.45, 7) is 2.13. The van der Waals surface area contributed by atoms with Gasteiger partial charge in [0.15, 0.2) is 0 Å². The van der Waals surface area contributed by atoms with Gasteiger partial charge >= 0.3 is 6.18 Å². The maximum absolute atomic E-state index is 13.2. The van der Waals surface area contributed by atoms with Crippen molar-refractivity contribution in [2.45, 2.75) is 44.4 Å². The molecule has 1 N–H and O–H groups in total. The molecule has 188 valence electrons. The van der Waals surface area contributed by atoms with E-state index in [1.165, 1.54) is 24.3 Å². The van der Waals surface area contributed by atoms with E-state index in [9.17, 15) is 27.2 Å². The van der Waals surface area contributed by atoms with Gasteiger partial charge in [0.2, 0.25) is 5.91 Å². The maximum Gasteiger partial charge on any atom is 0.416 e. The molecule has 2 aliphatic rings. The van der Waals surface area contributed by atoms with Crippen LogP contribution in [0.4, 0.5) is 17.6 Å². The molecule has 35 heavy (non-hydrogen) atoms. The molecule has 1 aliphatic carbocycles. The fourth-order valence-electron chi connectivity index (χ4n) is 5.03. The third kappa shape index (κ3) is 6.20. The third-order valence-corrected chi connectivity index (χ3v) is 6.95. The van der Waals surface area contributed by atoms with Crippen LogP contribution in [0.2, 0.25) is 0 Å². The van der Waals surface area contributed by atoms with E-state index in [-0.39, 0.29) is 35.2 Å². The highest BCUT2D eigenvalue weighted by Gasteiger charge is 2.37. The van der Waals surface area contributed by atoms with Crippen LogP contribution in [0.15, 0.2) is 48.5 Å². The Balaban J connectivity index is 1.37. The van der Waals surface area contributed by atoms with Crippen molar-refractivity contribution in [1.29, 1.82) is 0 Å². The summed E-state index contributed by atoms with van der Waals surface area (Å²) in [4.78, 5) is 29.8. The Labute approximate surface area is 202 Å². The summed E-state index contributed by atoms with van der Waals surface area (Å²) < 4.78 is 51.6. The van der Waals surface area contributed by atoms with Crippen molar-refractivity contribution >= 4 is 11.8 Å². The molecule has 1 aliphatic heterocycles. The highest BCUT2D eigenvalue weighted by Crippen LogP contribution is 2.32. The lowest BCUT2D eigenvalue weighted by Crippen LogP contribution is -2.57. The van der Waals surface area contributed by atoms with Crippen molar-refractivity contribution in [2.75, 3.05) is 26.2 Å². The largest absolute Gasteiger partial charge is 0.416 e. The van der Waals surface area contributed by atoms with E-state index in [0.29, 0.717) is 32.7 Å². The van der Waals surface area contributed by atoms with Crippen molar-refractivity contribution in [3.05, 3.63) is 71.0 Å². The van der Waals surface area contributed by atoms with E-state index in [4.69, 9.17) is 0 Å². The van der Waals surface area contributed by atoms with Crippen LogP contribution in [0.1, 0.15) is 47.2 Å². The highest BCUT2D eigenvalue weighted by atomic mass is 19.4. The van der Waals surface area contributed by atoms with Crippen LogP contribution in [0.25, 0.3) is 0 Å². The quantitative estimate of drug-likeness (QED) is 0.607. The molecule has 2 fully saturated rings. The smallest absolute Gasteiger partial charge is 0.351 e. The van der Waals surface area contributed by atoms with Crippen molar-refractivity contribution in [3.8, 4) is 0 Å². The summed E-state index contributed by atoms with van der Waals surface area (Å²) in [6.07, 6.45) is -0.337. The number of rotatable bonds is 6. The molecule has 0 spiro atoms. The number of carbonyl (C=O) groups excluding carboxylic acids is 2. The van der Waals surface area contributed by atoms with Crippen molar-refractivity contribution in [2.24, 2.45) is 5.92 Å². The van der Waals surface area contributed by atoms with Crippen LogP contribution >= 0.6 is 0 Å². The van der Waals surface area contributed by atoms with Crippen LogP contribution in [0, 0.1) is 11.7 Å². The number of hydrogen-bond acceptors (Lipinski definition) is 3. The van der Waals surface area contributed by atoms with Crippen LogP contribution in [-0.4, -0.2) is 53.8 Å². The standard InChI is InChI=1S/C26H29F4N3O2/c27-22-11-5-18(6-12-22)17-31-24(34)23(19-3-1-2-4-19)32-13-15-33(16-14-32)25(35)20-7-9-21(10-8-20)26(28,29)30/h5-12,19,23H,1-4,13-17H2,(H,31,34). The Bertz CT molecular complexity index is 1010. The number of nitrogens with zero attached hydrogens (tertiary/aromatic N) is 2. The molecular weight excluding hydrogens is 462 g/mol. The van der Waals surface area contributed by atoms with Crippen molar-refractivity contribution in [1.82, 2.24) is 15.1 Å². The molecule has 1 saturated heterocycles. The second-order valence-corrected chi connectivity index (χ2v) is 9.24. The minimum absolute atomic E-state index is 0.0660. The molecule has 9 heteroatoms. The lowest BCUT2D eigenvalue weighted by molar-refractivity contribution is -0.137. The van der Waals surface area contributed by atoms with Gasteiger partial charge in [-0.05, 0) is 60.7 Å². The van der Waals surface area contributed by atoms with Crippen molar-refractivity contribution < 1.29 is 27.2 Å². The minimum Gasteiger partial charge on any atom is -0.351 e. The highest BCUT2D eigenvalue weighted by molar-refractivity contribution is 5.94. The second-order valence-electron chi connectivity index (χ2n) is 9.24. The van der Waals surface area contributed by atoms with Gasteiger partial charge in [-0.2, -0.15) is 13.2 Å². The molecule has 1 atom stereocenters. The van der Waals surface area contributed by atoms with Gasteiger partial charge in [0, 0.05) is 38.3 Å². The van der Waals surface area contributed by atoms with E-state index in [1.54, 1.807) is 17.0 Å². The summed E-state index contributed by atoms with van der Waals surface area (Å²) in [6, 6.07) is 9.98. The van der Waals surface area contributed by atoms with Gasteiger partial charge < -0.3 is 10.2 Å². The van der Waals surface area contributed by atoms with Gasteiger partial charge in [0.05, 0.1) is 11.6 Å². The molecule has 0 aromatic heterocycles. The number of nitrogens with one attached hydrogen (secondary N) is 1. The lowest BCUT2D eigenvalue weighted by Gasteiger charge is -2.40. The summed E-state index contributed by atoms with van der Waals surface area (Å²) >= 11 is 0. The third-order valence-electron chi connectivity index (χ3n) is 6.95. The number of amides is 2. The Morgan fingerprint density at radius 1 is 0.914 bits per heavy atom. The number of halogens is 4. The molecule has 1 heterocycles. The van der Waals surface area contributed by atoms with E-state index in [1.807, 2.05) is 0 Å². The van der Waals surface area contributed by atoms with E-state index >= 15 is 0 Å². The van der Waals surface area contributed by atoms with Crippen LogP contribution < -0.4 is 5.32 Å². The Kier molecular flexibility index (Phi) is 7.74. The minimum atomic E-state index is -4.44. The van der Waals surface area contributed by atoms with Gasteiger partial charge in [0.1, 0.15) is 5.82 Å². The van der Waals surface area contributed by atoms with E-state index in [0.717, 1.165) is 43.4 Å². The number of alkyl halides is 3. The van der Waals surface area contributed by atoms with Gasteiger partial charge in [-0.25, -0.2) is 4.39 Å². The van der Waals surface area contributed by atoms with Gasteiger partial charge in [-0.1, -0.05) is 25.0 Å². The Hall–Kier alpha value is -2.94. The van der Waals surface area contributed by atoms with E-state index in [2.05, 4.69) is 10.2 Å². The number of piperazine rings is 1. The first-order chi connectivity index (χ1) is 16.7. The molecule has 1 saturated carbocycles. The first kappa shape index (κ1) is 25.2. The van der Waals surface area contributed by atoms with Crippen molar-refractivity contribution in [3.63, 3.8) is 0 Å². The molecule has 2 aromatic rings. The van der Waals surface area contributed by atoms with Crippen LogP contribution in [-0.2, 0) is 17.5 Å². The Morgan fingerprint density at radius 2 is 1.51 bits per heavy atom. The molecule has 1 unspecified atom stereocenters. The molecule has 2 aromatic carbocycles. The summed E-state index contributed by atoms with van der Waals surface area (Å²) in [7, 11) is 0. The summed E-state index contributed by atoms with van der Waals surface area (Å²) in [5, 5.41) is 2.99. The average Bonchev–Trinajstić information content (AvgIpc) is 3.38. The first-order valence-electron chi connectivity index (χ1n) is 11.9. The topological polar surface area (TPSA) is 52.7 Å². The van der Waals surface area contributed by atoms with E-state index < -0.39 is 11.7 Å². The second kappa shape index (κ2) is 10.8. The average molecular weight is 492 g/mol. The summed E-state index contributed by atoms with van der Waals surface area (Å²) in [5.74, 6) is -0.465. The molecule has 0 bridgehead atoms. The zero-order chi connectivity index (χ0) is 25.0. The fourth-order valence-corrected chi connectivity index (χ4v) is 5.03. The number of hydrogen-bond donors (Lipinski definition) is 1. The number of carbonyl (C=O) groups is 2. The molecule has 0 radical (unpaired) electrons. The first-order valence-corrected chi connectivity index (χ1v) is 11.9. The molecular formula is C26H29F4N3O2. The molecule has 5 nitrogen and oxygen atoms in total. The SMILES string of the molecule is O=C(NCc1ccc(F)cc1)C(C1CCCC1)N1CCN(C(=O)c2ccc(C(F)(F)F)cc2)CC1. The van der Waals surface area contributed by atoms with Gasteiger partial charge in [0.25, 0.3) is 5.91 Å². The van der Waals surface area contributed by atoms with Gasteiger partial charge in [-0.15, -0.1) is 0 Å². The van der Waals surface area contributed by atoms with Crippen LogP contribution in [0.5, 0.6) is 0 Å². The zero-order valence-corrected chi connectivity index (χ0v) is 19.4. The van der Waals surface area contributed by atoms with Gasteiger partial charge in [-0.3, -0.25) is 14.5 Å². The fraction of sp³-hybridized carbons (Fsp3) is 0.462. The monoisotopic (exact) mass is 491 g/mol. The normalized spacial score (nSPS) is 18.5. The zero-order valence-electron chi connectivity index (χ0n) is 19.4. The Morgan fingerprint density at radius 3 is 2.09 bits per heavy atom. The summed E-state index contributed by atoms with van der Waals surface area (Å²) in [5.41, 5.74) is 0.248. The maximum atomic E-state index is 13.2. The predicted molar refractivity (Wildman–Crippen MR) is 123 cm³/mol. The molecule has 2 amide bonds. The lowest BCUT2D eigenvalue weighted by atomic mass is 9.94. The van der Waals surface area contributed by atoms with Crippen LogP contribution in [0.3, 0.4) is 0 Å². The molecule has 4 rings (SSSR count). The number of benzene rings is 2. The predicted octanol–water partition coefficient (Wildman–Crippen LogP) is 4.48.